The molecule has 0 saturated carbocycles. The van der Waals surface area contributed by atoms with Crippen molar-refractivity contribution in [3.63, 3.8) is 0 Å². The Balaban J connectivity index is 3.31. The average Bonchev–Trinajstić information content (AvgIpc) is 2.76. The van der Waals surface area contributed by atoms with Crippen LogP contribution in [0.4, 0.5) is 0 Å². The van der Waals surface area contributed by atoms with Gasteiger partial charge in [0.25, 0.3) is 25.3 Å². The summed E-state index contributed by atoms with van der Waals surface area (Å²) in [6.07, 6.45) is 5.37. The van der Waals surface area contributed by atoms with Crippen LogP contribution in [-0.2, 0) is 28.1 Å². The van der Waals surface area contributed by atoms with Crippen molar-refractivity contribution in [1.29, 1.82) is 0 Å². The van der Waals surface area contributed by atoms with Crippen LogP contribution in [0, 0.1) is 0 Å². The van der Waals surface area contributed by atoms with E-state index in [2.05, 4.69) is 41.5 Å². The van der Waals surface area contributed by atoms with Gasteiger partial charge in [-0.2, -0.15) is 0 Å². The molecule has 1 rings (SSSR count). The molecule has 12 heteroatoms. The van der Waals surface area contributed by atoms with Gasteiger partial charge in [0.1, 0.15) is 0 Å². The fraction of sp³-hybridized carbons (Fsp3) is 1.00. The van der Waals surface area contributed by atoms with Crippen LogP contribution in [0.2, 0.25) is 0 Å². The van der Waals surface area contributed by atoms with Crippen LogP contribution in [0.5, 0.6) is 0 Å². The van der Waals surface area contributed by atoms with Crippen LogP contribution in [-0.4, -0.2) is 53.5 Å². The monoisotopic (exact) mass is 489 g/mol. The molecule has 0 aromatic carbocycles. The quantitative estimate of drug-likeness (QED) is 0.191. The van der Waals surface area contributed by atoms with Crippen molar-refractivity contribution in [1.82, 2.24) is 13.8 Å². The summed E-state index contributed by atoms with van der Waals surface area (Å²) in [4.78, 5) is 18.5. The first kappa shape index (κ1) is 29.0. The third-order valence-corrected chi connectivity index (χ3v) is 9.79. The summed E-state index contributed by atoms with van der Waals surface area (Å²) in [5, 5.41) is 0. The molecule has 30 heavy (non-hydrogen) atoms. The molecule has 0 radical (unpaired) electrons. The molecule has 1 aliphatic heterocycles. The predicted molar refractivity (Wildman–Crippen MR) is 124 cm³/mol. The van der Waals surface area contributed by atoms with Crippen LogP contribution in [0.15, 0.2) is 0 Å². The maximum absolute atomic E-state index is 6.28. The van der Waals surface area contributed by atoms with E-state index in [-0.39, 0.29) is 0 Å². The molecule has 1 fully saturated rings. The second kappa shape index (κ2) is 18.4. The van der Waals surface area contributed by atoms with Gasteiger partial charge in [0.05, 0.1) is 39.6 Å². The molecule has 1 heterocycles. The number of rotatable bonds is 18. The lowest BCUT2D eigenvalue weighted by Crippen LogP contribution is -2.39. The lowest BCUT2D eigenvalue weighted by molar-refractivity contribution is -0.117. The number of nitrogens with zero attached hydrogens (tertiary/aromatic N) is 3. The summed E-state index contributed by atoms with van der Waals surface area (Å²) >= 11 is 0. The molecule has 0 aromatic rings. The summed E-state index contributed by atoms with van der Waals surface area (Å²) < 4.78 is 24.4. The molecule has 1 aliphatic rings. The van der Waals surface area contributed by atoms with Crippen molar-refractivity contribution in [2.24, 2.45) is 0 Å². The summed E-state index contributed by atoms with van der Waals surface area (Å²) in [6.45, 7) is 16.1. The SMILES string of the molecule is CCCON1P(OCCC)N(OCCC)P(OCCC)N(OCCC)P1OCCC. The third-order valence-electron chi connectivity index (χ3n) is 3.34. The molecule has 0 atom stereocenters. The molecule has 0 bridgehead atoms. The Kier molecular flexibility index (Phi) is 17.7. The highest BCUT2D eigenvalue weighted by molar-refractivity contribution is 7.77. The minimum Gasteiger partial charge on any atom is -0.328 e. The normalized spacial score (nSPS) is 24.0. The molecule has 0 spiro atoms. The maximum Gasteiger partial charge on any atom is 0.252 e. The van der Waals surface area contributed by atoms with Crippen molar-refractivity contribution < 1.29 is 28.1 Å². The molecular formula is C18H42N3O6P3. The Labute approximate surface area is 187 Å². The van der Waals surface area contributed by atoms with E-state index < -0.39 is 25.3 Å². The number of hydrogen-bond donors (Lipinski definition) is 0. The van der Waals surface area contributed by atoms with Gasteiger partial charge in [0.15, 0.2) is 0 Å². The van der Waals surface area contributed by atoms with Crippen molar-refractivity contribution in [3.8, 4) is 0 Å². The topological polar surface area (TPSA) is 65.1 Å². The molecule has 0 unspecified atom stereocenters. The molecule has 0 aromatic heterocycles. The van der Waals surface area contributed by atoms with Crippen LogP contribution >= 0.6 is 25.3 Å². The van der Waals surface area contributed by atoms with E-state index in [1.54, 1.807) is 0 Å². The maximum atomic E-state index is 6.28. The van der Waals surface area contributed by atoms with Crippen LogP contribution < -0.4 is 0 Å². The van der Waals surface area contributed by atoms with Crippen LogP contribution in [0.25, 0.3) is 0 Å². The smallest absolute Gasteiger partial charge is 0.252 e. The lowest BCUT2D eigenvalue weighted by atomic mass is 10.5. The van der Waals surface area contributed by atoms with Gasteiger partial charge >= 0.3 is 0 Å². The highest BCUT2D eigenvalue weighted by Gasteiger charge is 2.54. The number of hydrogen-bond acceptors (Lipinski definition) is 9. The summed E-state index contributed by atoms with van der Waals surface area (Å²) in [5.41, 5.74) is 0. The zero-order chi connectivity index (χ0) is 22.2. The fourth-order valence-corrected chi connectivity index (χ4v) is 9.50. The average molecular weight is 489 g/mol. The molecular weight excluding hydrogens is 447 g/mol. The fourth-order valence-electron chi connectivity index (χ4n) is 2.02. The van der Waals surface area contributed by atoms with Gasteiger partial charge in [0.2, 0.25) is 0 Å². The molecule has 0 amide bonds. The summed E-state index contributed by atoms with van der Waals surface area (Å²) in [6, 6.07) is 0. The van der Waals surface area contributed by atoms with E-state index in [1.165, 1.54) is 0 Å². The third kappa shape index (κ3) is 9.43. The van der Waals surface area contributed by atoms with Gasteiger partial charge in [-0.15, -0.1) is 0 Å². The van der Waals surface area contributed by atoms with Gasteiger partial charge in [-0.1, -0.05) is 55.4 Å². The van der Waals surface area contributed by atoms with E-state index in [0.717, 1.165) is 38.5 Å². The zero-order valence-corrected chi connectivity index (χ0v) is 22.3. The Bertz CT molecular complexity index is 314. The van der Waals surface area contributed by atoms with Gasteiger partial charge in [-0.05, 0) is 38.5 Å². The van der Waals surface area contributed by atoms with E-state index in [0.29, 0.717) is 39.6 Å². The molecule has 9 nitrogen and oxygen atoms in total. The second-order valence-electron chi connectivity index (χ2n) is 6.52. The van der Waals surface area contributed by atoms with E-state index in [4.69, 9.17) is 28.1 Å². The molecule has 0 N–H and O–H groups in total. The van der Waals surface area contributed by atoms with Gasteiger partial charge in [-0.25, -0.2) is 0 Å². The Morgan fingerprint density at radius 2 is 0.633 bits per heavy atom. The Morgan fingerprint density at radius 3 is 0.833 bits per heavy atom. The zero-order valence-electron chi connectivity index (χ0n) is 19.6. The van der Waals surface area contributed by atoms with E-state index in [1.807, 2.05) is 13.8 Å². The standard InChI is InChI=1S/C18H42N3O6P3/c1-7-13-22-19-28(25-16-10-4)20(23-14-8-2)30(27-18-12-6)21(24-15-9-3)29(19)26-17-11-5/h7-18H2,1-6H3. The first-order chi connectivity index (χ1) is 14.7. The second-order valence-corrected chi connectivity index (χ2v) is 11.9. The van der Waals surface area contributed by atoms with Crippen molar-refractivity contribution in [2.45, 2.75) is 80.1 Å². The Hall–Kier alpha value is 0.930. The highest BCUT2D eigenvalue weighted by Crippen LogP contribution is 2.78. The molecule has 180 valence electrons. The van der Waals surface area contributed by atoms with Gasteiger partial charge in [-0.3, -0.25) is 14.5 Å². The Morgan fingerprint density at radius 1 is 0.400 bits per heavy atom. The van der Waals surface area contributed by atoms with Gasteiger partial charge < -0.3 is 13.6 Å². The molecule has 0 aliphatic carbocycles. The summed E-state index contributed by atoms with van der Waals surface area (Å²) in [7, 11) is -4.12. The van der Waals surface area contributed by atoms with Crippen LogP contribution in [0.3, 0.4) is 0 Å². The van der Waals surface area contributed by atoms with E-state index >= 15 is 0 Å². The lowest BCUT2D eigenvalue weighted by Gasteiger charge is -2.49. The van der Waals surface area contributed by atoms with Crippen molar-refractivity contribution >= 4 is 25.3 Å². The minimum absolute atomic E-state index is 0.569. The highest BCUT2D eigenvalue weighted by atomic mass is 31.3. The predicted octanol–water partition coefficient (Wildman–Crippen LogP) is 6.89. The first-order valence-corrected chi connectivity index (χ1v) is 14.8. The molecule has 1 saturated heterocycles. The largest absolute Gasteiger partial charge is 0.328 e. The van der Waals surface area contributed by atoms with Crippen molar-refractivity contribution in [2.75, 3.05) is 39.6 Å². The van der Waals surface area contributed by atoms with Crippen molar-refractivity contribution in [3.05, 3.63) is 0 Å². The minimum atomic E-state index is -1.37. The summed E-state index contributed by atoms with van der Waals surface area (Å²) in [5.74, 6) is 0. The van der Waals surface area contributed by atoms with E-state index in [9.17, 15) is 0 Å². The first-order valence-electron chi connectivity index (χ1n) is 11.3. The van der Waals surface area contributed by atoms with Crippen LogP contribution in [0.1, 0.15) is 80.1 Å². The van der Waals surface area contributed by atoms with Gasteiger partial charge in [0, 0.05) is 0 Å².